The standard InChI is InChI=1S/C11H16N4O6/c1-21-5-4-13(8-11(17)18)10(16)2-3-14-7-9(6-12-14)15(19)20/h6-7H,2-5,8H2,1H3,(H,17,18). The number of carboxylic acid groups (broad SMARTS) is 1. The molecule has 1 aromatic rings. The van der Waals surface area contributed by atoms with Crippen LogP contribution in [0.2, 0.25) is 0 Å². The lowest BCUT2D eigenvalue weighted by Crippen LogP contribution is -2.38. The minimum Gasteiger partial charge on any atom is -0.480 e. The fraction of sp³-hybridized carbons (Fsp3) is 0.545. The van der Waals surface area contributed by atoms with Crippen molar-refractivity contribution < 1.29 is 24.4 Å². The Morgan fingerprint density at radius 1 is 1.57 bits per heavy atom. The Hall–Kier alpha value is -2.49. The number of carbonyl (C=O) groups is 2. The zero-order valence-corrected chi connectivity index (χ0v) is 11.5. The molecule has 0 saturated heterocycles. The number of aliphatic carboxylic acids is 1. The number of methoxy groups -OCH3 is 1. The Bertz CT molecular complexity index is 515. The summed E-state index contributed by atoms with van der Waals surface area (Å²) in [6, 6.07) is 0. The van der Waals surface area contributed by atoms with Gasteiger partial charge in [0.15, 0.2) is 0 Å². The summed E-state index contributed by atoms with van der Waals surface area (Å²) in [7, 11) is 1.45. The molecule has 0 atom stereocenters. The summed E-state index contributed by atoms with van der Waals surface area (Å²) in [5, 5.41) is 23.0. The van der Waals surface area contributed by atoms with Gasteiger partial charge < -0.3 is 14.7 Å². The third kappa shape index (κ3) is 5.57. The van der Waals surface area contributed by atoms with E-state index in [0.29, 0.717) is 0 Å². The maximum absolute atomic E-state index is 11.9. The summed E-state index contributed by atoms with van der Waals surface area (Å²) in [5.74, 6) is -1.50. The van der Waals surface area contributed by atoms with Crippen molar-refractivity contribution in [3.05, 3.63) is 22.5 Å². The van der Waals surface area contributed by atoms with E-state index in [1.165, 1.54) is 18.0 Å². The predicted molar refractivity (Wildman–Crippen MR) is 69.6 cm³/mol. The molecule has 0 fully saturated rings. The van der Waals surface area contributed by atoms with Crippen molar-refractivity contribution in [2.75, 3.05) is 26.8 Å². The number of ether oxygens (including phenoxy) is 1. The van der Waals surface area contributed by atoms with Crippen molar-refractivity contribution in [1.29, 1.82) is 0 Å². The van der Waals surface area contributed by atoms with Crippen LogP contribution < -0.4 is 0 Å². The van der Waals surface area contributed by atoms with Crippen molar-refractivity contribution in [3.63, 3.8) is 0 Å². The molecule has 0 radical (unpaired) electrons. The topological polar surface area (TPSA) is 128 Å². The summed E-state index contributed by atoms with van der Waals surface area (Å²) in [4.78, 5) is 33.7. The molecule has 10 nitrogen and oxygen atoms in total. The predicted octanol–water partition coefficient (Wildman–Crippen LogP) is -0.259. The zero-order chi connectivity index (χ0) is 15.8. The third-order valence-electron chi connectivity index (χ3n) is 2.63. The van der Waals surface area contributed by atoms with Crippen molar-refractivity contribution in [2.45, 2.75) is 13.0 Å². The molecule has 1 amide bonds. The molecule has 0 aliphatic rings. The van der Waals surface area contributed by atoms with Gasteiger partial charge in [-0.2, -0.15) is 5.10 Å². The third-order valence-corrected chi connectivity index (χ3v) is 2.63. The highest BCUT2D eigenvalue weighted by atomic mass is 16.6. The SMILES string of the molecule is COCCN(CC(=O)O)C(=O)CCn1cc([N+](=O)[O-])cn1. The monoisotopic (exact) mass is 300 g/mol. The van der Waals surface area contributed by atoms with Gasteiger partial charge >= 0.3 is 11.7 Å². The molecule has 10 heteroatoms. The first-order valence-corrected chi connectivity index (χ1v) is 6.09. The average Bonchev–Trinajstić information content (AvgIpc) is 2.89. The Morgan fingerprint density at radius 2 is 2.29 bits per heavy atom. The molecule has 116 valence electrons. The normalized spacial score (nSPS) is 10.3. The van der Waals surface area contributed by atoms with E-state index >= 15 is 0 Å². The summed E-state index contributed by atoms with van der Waals surface area (Å²) in [6.07, 6.45) is 2.30. The van der Waals surface area contributed by atoms with Crippen LogP contribution in [0.1, 0.15) is 6.42 Å². The van der Waals surface area contributed by atoms with Crippen LogP contribution >= 0.6 is 0 Å². The van der Waals surface area contributed by atoms with Gasteiger partial charge in [-0.1, -0.05) is 0 Å². The number of rotatable bonds is 9. The number of nitro groups is 1. The molecule has 1 rings (SSSR count). The number of amides is 1. The number of aryl methyl sites for hydroxylation is 1. The first-order chi connectivity index (χ1) is 9.93. The van der Waals surface area contributed by atoms with Gasteiger partial charge in [0.25, 0.3) is 0 Å². The fourth-order valence-corrected chi connectivity index (χ4v) is 1.59. The van der Waals surface area contributed by atoms with Crippen LogP contribution in [0.25, 0.3) is 0 Å². The van der Waals surface area contributed by atoms with Gasteiger partial charge in [-0.3, -0.25) is 24.4 Å². The van der Waals surface area contributed by atoms with E-state index in [0.717, 1.165) is 11.1 Å². The van der Waals surface area contributed by atoms with E-state index in [9.17, 15) is 19.7 Å². The van der Waals surface area contributed by atoms with Gasteiger partial charge in [0, 0.05) is 26.6 Å². The van der Waals surface area contributed by atoms with E-state index in [4.69, 9.17) is 9.84 Å². The molecule has 0 aliphatic heterocycles. The second-order valence-corrected chi connectivity index (χ2v) is 4.17. The molecule has 1 aromatic heterocycles. The first-order valence-electron chi connectivity index (χ1n) is 6.09. The Kier molecular flexibility index (Phi) is 6.27. The van der Waals surface area contributed by atoms with E-state index in [1.807, 2.05) is 0 Å². The highest BCUT2D eigenvalue weighted by molar-refractivity contribution is 5.81. The Balaban J connectivity index is 2.55. The number of hydrogen-bond acceptors (Lipinski definition) is 6. The molecular formula is C11H16N4O6. The van der Waals surface area contributed by atoms with Crippen LogP contribution in [0, 0.1) is 10.1 Å². The van der Waals surface area contributed by atoms with E-state index in [2.05, 4.69) is 5.10 Å². The maximum Gasteiger partial charge on any atom is 0.323 e. The van der Waals surface area contributed by atoms with E-state index in [-0.39, 0.29) is 37.7 Å². The highest BCUT2D eigenvalue weighted by Crippen LogP contribution is 2.08. The maximum atomic E-state index is 11.9. The van der Waals surface area contributed by atoms with Crippen LogP contribution in [0.4, 0.5) is 5.69 Å². The molecule has 1 N–H and O–H groups in total. The van der Waals surface area contributed by atoms with Crippen molar-refractivity contribution in [1.82, 2.24) is 14.7 Å². The molecule has 0 bridgehead atoms. The van der Waals surface area contributed by atoms with Crippen molar-refractivity contribution in [3.8, 4) is 0 Å². The van der Waals surface area contributed by atoms with Crippen LogP contribution in [0.15, 0.2) is 12.4 Å². The molecular weight excluding hydrogens is 284 g/mol. The number of carbonyl (C=O) groups excluding carboxylic acids is 1. The molecule has 1 heterocycles. The van der Waals surface area contributed by atoms with Gasteiger partial charge in [-0.15, -0.1) is 0 Å². The van der Waals surface area contributed by atoms with Gasteiger partial charge in [0.2, 0.25) is 5.91 Å². The lowest BCUT2D eigenvalue weighted by molar-refractivity contribution is -0.385. The quantitative estimate of drug-likeness (QED) is 0.491. The average molecular weight is 300 g/mol. The fourth-order valence-electron chi connectivity index (χ4n) is 1.59. The smallest absolute Gasteiger partial charge is 0.323 e. The Morgan fingerprint density at radius 3 is 2.81 bits per heavy atom. The van der Waals surface area contributed by atoms with Gasteiger partial charge in [0.05, 0.1) is 11.5 Å². The summed E-state index contributed by atoms with van der Waals surface area (Å²) in [5.41, 5.74) is -0.163. The van der Waals surface area contributed by atoms with Gasteiger partial charge in [-0.25, -0.2) is 0 Å². The first kappa shape index (κ1) is 16.6. The van der Waals surface area contributed by atoms with Gasteiger partial charge in [0.1, 0.15) is 18.9 Å². The zero-order valence-electron chi connectivity index (χ0n) is 11.5. The van der Waals surface area contributed by atoms with Crippen LogP contribution in [0.3, 0.4) is 0 Å². The largest absolute Gasteiger partial charge is 0.480 e. The van der Waals surface area contributed by atoms with Gasteiger partial charge in [-0.05, 0) is 0 Å². The number of hydrogen-bond donors (Lipinski definition) is 1. The molecule has 0 unspecified atom stereocenters. The second kappa shape index (κ2) is 7.94. The van der Waals surface area contributed by atoms with Crippen molar-refractivity contribution in [2.24, 2.45) is 0 Å². The Labute approximate surface area is 120 Å². The molecule has 0 aromatic carbocycles. The molecule has 0 saturated carbocycles. The van der Waals surface area contributed by atoms with Crippen LogP contribution in [-0.2, 0) is 20.9 Å². The highest BCUT2D eigenvalue weighted by Gasteiger charge is 2.17. The minimum absolute atomic E-state index is 0.00414. The number of nitrogens with zero attached hydrogens (tertiary/aromatic N) is 4. The second-order valence-electron chi connectivity index (χ2n) is 4.17. The number of carboxylic acids is 1. The molecule has 0 spiro atoms. The van der Waals surface area contributed by atoms with E-state index < -0.39 is 17.4 Å². The summed E-state index contributed by atoms with van der Waals surface area (Å²) in [6.45, 7) is 0.115. The summed E-state index contributed by atoms with van der Waals surface area (Å²) < 4.78 is 6.09. The van der Waals surface area contributed by atoms with E-state index in [1.54, 1.807) is 0 Å². The minimum atomic E-state index is -1.12. The van der Waals surface area contributed by atoms with Crippen LogP contribution in [0.5, 0.6) is 0 Å². The molecule has 0 aliphatic carbocycles. The molecule has 21 heavy (non-hydrogen) atoms. The van der Waals surface area contributed by atoms with Crippen molar-refractivity contribution >= 4 is 17.6 Å². The van der Waals surface area contributed by atoms with Crippen LogP contribution in [-0.4, -0.2) is 63.4 Å². The lowest BCUT2D eigenvalue weighted by Gasteiger charge is -2.20. The number of aromatic nitrogens is 2. The summed E-state index contributed by atoms with van der Waals surface area (Å²) >= 11 is 0. The lowest BCUT2D eigenvalue weighted by atomic mass is 10.3.